The largest absolute Gasteiger partial charge is 0.361 e. The molecule has 0 bridgehead atoms. The van der Waals surface area contributed by atoms with Crippen LogP contribution in [0.25, 0.3) is 16.5 Å². The van der Waals surface area contributed by atoms with Crippen LogP contribution in [0.1, 0.15) is 24.8 Å². The predicted octanol–water partition coefficient (Wildman–Crippen LogP) is 3.88. The zero-order valence-corrected chi connectivity index (χ0v) is 18.7. The van der Waals surface area contributed by atoms with E-state index >= 15 is 0 Å². The molecule has 3 heterocycles. The maximum absolute atomic E-state index is 13.1. The Morgan fingerprint density at radius 2 is 1.66 bits per heavy atom. The molecule has 0 spiro atoms. The number of para-hydroxylation sites is 1. The summed E-state index contributed by atoms with van der Waals surface area (Å²) < 4.78 is 27.2. The van der Waals surface area contributed by atoms with Crippen LogP contribution in [0.5, 0.6) is 0 Å². The van der Waals surface area contributed by atoms with Crippen LogP contribution in [0, 0.1) is 5.92 Å². The molecule has 1 saturated heterocycles. The molecule has 0 aliphatic carbocycles. The molecule has 0 radical (unpaired) electrons. The summed E-state index contributed by atoms with van der Waals surface area (Å²) in [6, 6.07) is 16.8. The van der Waals surface area contributed by atoms with E-state index in [0.29, 0.717) is 43.9 Å². The van der Waals surface area contributed by atoms with Crippen LogP contribution in [-0.2, 0) is 14.8 Å². The van der Waals surface area contributed by atoms with Gasteiger partial charge < -0.3 is 9.88 Å². The average molecular weight is 450 g/mol. The lowest BCUT2D eigenvalue weighted by atomic mass is 9.94. The highest BCUT2D eigenvalue weighted by Crippen LogP contribution is 2.31. The number of nitrogens with zero attached hydrogens (tertiary/aromatic N) is 2. The molecular formula is C25H27N3O3S. The number of benzene rings is 2. The molecule has 1 aromatic heterocycles. The Bertz CT molecular complexity index is 1260. The first-order valence-corrected chi connectivity index (χ1v) is 12.6. The molecule has 32 heavy (non-hydrogen) atoms. The number of rotatable bonds is 4. The molecule has 2 aromatic carbocycles. The van der Waals surface area contributed by atoms with Crippen LogP contribution in [0.2, 0.25) is 0 Å². The van der Waals surface area contributed by atoms with Gasteiger partial charge in [-0.15, -0.1) is 0 Å². The van der Waals surface area contributed by atoms with E-state index < -0.39 is 10.0 Å². The summed E-state index contributed by atoms with van der Waals surface area (Å²) in [5.41, 5.74) is 3.61. The fourth-order valence-electron chi connectivity index (χ4n) is 4.79. The monoisotopic (exact) mass is 449 g/mol. The number of aromatic nitrogens is 1. The zero-order valence-electron chi connectivity index (χ0n) is 17.9. The summed E-state index contributed by atoms with van der Waals surface area (Å²) in [6.07, 6.45) is 6.18. The molecule has 5 rings (SSSR count). The minimum Gasteiger partial charge on any atom is -0.361 e. The van der Waals surface area contributed by atoms with E-state index in [1.54, 1.807) is 30.3 Å². The number of hydrogen-bond acceptors (Lipinski definition) is 3. The van der Waals surface area contributed by atoms with Gasteiger partial charge in [0, 0.05) is 54.8 Å². The first kappa shape index (κ1) is 21.0. The lowest BCUT2D eigenvalue weighted by molar-refractivity contribution is -0.136. The van der Waals surface area contributed by atoms with Crippen LogP contribution in [0.15, 0.2) is 71.8 Å². The van der Waals surface area contributed by atoms with Crippen LogP contribution in [-0.4, -0.2) is 54.7 Å². The number of hydrogen-bond donors (Lipinski definition) is 1. The Balaban J connectivity index is 1.21. The van der Waals surface area contributed by atoms with E-state index in [-0.39, 0.29) is 11.8 Å². The predicted molar refractivity (Wildman–Crippen MR) is 125 cm³/mol. The van der Waals surface area contributed by atoms with Crippen molar-refractivity contribution in [1.82, 2.24) is 14.2 Å². The summed E-state index contributed by atoms with van der Waals surface area (Å²) in [5.74, 6) is 0.0382. The lowest BCUT2D eigenvalue weighted by Gasteiger charge is -2.34. The number of fused-ring (bicyclic) bond motifs is 1. The lowest BCUT2D eigenvalue weighted by Crippen LogP contribution is -2.45. The van der Waals surface area contributed by atoms with Crippen LogP contribution in [0.4, 0.5) is 0 Å². The van der Waals surface area contributed by atoms with Crippen molar-refractivity contribution in [1.29, 1.82) is 0 Å². The van der Waals surface area contributed by atoms with Gasteiger partial charge in [0.2, 0.25) is 15.9 Å². The van der Waals surface area contributed by atoms with Crippen LogP contribution >= 0.6 is 0 Å². The van der Waals surface area contributed by atoms with Gasteiger partial charge in [-0.1, -0.05) is 42.5 Å². The van der Waals surface area contributed by atoms with E-state index in [0.717, 1.165) is 11.9 Å². The van der Waals surface area contributed by atoms with Gasteiger partial charge in [0.25, 0.3) is 0 Å². The third kappa shape index (κ3) is 3.87. The van der Waals surface area contributed by atoms with E-state index in [9.17, 15) is 13.2 Å². The molecule has 1 amide bonds. The maximum atomic E-state index is 13.1. The SMILES string of the molecule is O=C(C1CCN(S(=O)(=O)c2ccccc2)CC1)N1CC=C(c2c[nH]c3ccccc23)CC1. The van der Waals surface area contributed by atoms with E-state index in [1.165, 1.54) is 20.8 Å². The Morgan fingerprint density at radius 3 is 2.38 bits per heavy atom. The molecule has 166 valence electrons. The summed E-state index contributed by atoms with van der Waals surface area (Å²) in [4.78, 5) is 18.7. The molecule has 0 atom stereocenters. The average Bonchev–Trinajstić information content (AvgIpc) is 3.28. The zero-order chi connectivity index (χ0) is 22.1. The van der Waals surface area contributed by atoms with E-state index in [4.69, 9.17) is 0 Å². The quantitative estimate of drug-likeness (QED) is 0.657. The van der Waals surface area contributed by atoms with Crippen molar-refractivity contribution in [3.8, 4) is 0 Å². The molecule has 3 aromatic rings. The van der Waals surface area contributed by atoms with Gasteiger partial charge in [-0.05, 0) is 43.0 Å². The summed E-state index contributed by atoms with van der Waals surface area (Å²) in [5, 5.41) is 1.21. The van der Waals surface area contributed by atoms with Gasteiger partial charge in [0.15, 0.2) is 0 Å². The molecule has 1 N–H and O–H groups in total. The number of piperidine rings is 1. The molecule has 2 aliphatic rings. The number of H-pyrrole nitrogens is 1. The summed E-state index contributed by atoms with van der Waals surface area (Å²) >= 11 is 0. The van der Waals surface area contributed by atoms with Gasteiger partial charge in [-0.3, -0.25) is 4.79 Å². The minimum atomic E-state index is -3.49. The molecule has 1 fully saturated rings. The van der Waals surface area contributed by atoms with E-state index in [1.807, 2.05) is 17.0 Å². The molecule has 2 aliphatic heterocycles. The van der Waals surface area contributed by atoms with Crippen molar-refractivity contribution in [3.63, 3.8) is 0 Å². The second kappa shape index (κ2) is 8.56. The topological polar surface area (TPSA) is 73.5 Å². The van der Waals surface area contributed by atoms with Gasteiger partial charge in [0.1, 0.15) is 0 Å². The highest BCUT2D eigenvalue weighted by atomic mass is 32.2. The minimum absolute atomic E-state index is 0.111. The fourth-order valence-corrected chi connectivity index (χ4v) is 6.28. The first-order valence-electron chi connectivity index (χ1n) is 11.1. The number of amides is 1. The van der Waals surface area contributed by atoms with Crippen molar-refractivity contribution < 1.29 is 13.2 Å². The van der Waals surface area contributed by atoms with Crippen molar-refractivity contribution >= 4 is 32.4 Å². The smallest absolute Gasteiger partial charge is 0.243 e. The number of carbonyl (C=O) groups is 1. The first-order chi connectivity index (χ1) is 15.5. The van der Waals surface area contributed by atoms with Gasteiger partial charge in [-0.2, -0.15) is 4.31 Å². The van der Waals surface area contributed by atoms with Crippen molar-refractivity contribution in [2.24, 2.45) is 5.92 Å². The Kier molecular flexibility index (Phi) is 5.61. The Morgan fingerprint density at radius 1 is 0.938 bits per heavy atom. The van der Waals surface area contributed by atoms with Crippen molar-refractivity contribution in [3.05, 3.63) is 72.4 Å². The Labute approximate surface area is 188 Å². The van der Waals surface area contributed by atoms with Gasteiger partial charge in [-0.25, -0.2) is 8.42 Å². The summed E-state index contributed by atoms with van der Waals surface area (Å²) in [7, 11) is -3.49. The second-order valence-corrected chi connectivity index (χ2v) is 10.4. The van der Waals surface area contributed by atoms with Gasteiger partial charge >= 0.3 is 0 Å². The molecule has 0 unspecified atom stereocenters. The van der Waals surface area contributed by atoms with E-state index in [2.05, 4.69) is 29.4 Å². The van der Waals surface area contributed by atoms with Crippen LogP contribution in [0.3, 0.4) is 0 Å². The molecule has 6 nitrogen and oxygen atoms in total. The highest BCUT2D eigenvalue weighted by molar-refractivity contribution is 7.89. The van der Waals surface area contributed by atoms with Gasteiger partial charge in [0.05, 0.1) is 4.90 Å². The third-order valence-corrected chi connectivity index (χ3v) is 8.55. The number of aromatic amines is 1. The standard InChI is InChI=1S/C25H27N3O3S/c29-25(20-12-16-28(17-13-20)32(30,31)21-6-2-1-3-7-21)27-14-10-19(11-15-27)23-18-26-24-9-5-4-8-22(23)24/h1-10,18,20,26H,11-17H2. The van der Waals surface area contributed by atoms with Crippen molar-refractivity contribution in [2.45, 2.75) is 24.2 Å². The summed E-state index contributed by atoms with van der Waals surface area (Å²) in [6.45, 7) is 2.08. The maximum Gasteiger partial charge on any atom is 0.243 e. The third-order valence-electron chi connectivity index (χ3n) is 6.64. The fraction of sp³-hybridized carbons (Fsp3) is 0.320. The Hall–Kier alpha value is -2.90. The highest BCUT2D eigenvalue weighted by Gasteiger charge is 2.34. The normalized spacial score (nSPS) is 18.6. The number of sulfonamides is 1. The molecule has 0 saturated carbocycles. The van der Waals surface area contributed by atoms with Crippen molar-refractivity contribution in [2.75, 3.05) is 26.2 Å². The molecular weight excluding hydrogens is 422 g/mol. The number of nitrogens with one attached hydrogen (secondary N) is 1. The molecule has 7 heteroatoms. The second-order valence-electron chi connectivity index (χ2n) is 8.50. The number of carbonyl (C=O) groups excluding carboxylic acids is 1. The van der Waals surface area contributed by atoms with Crippen LogP contribution < -0.4 is 0 Å².